The van der Waals surface area contributed by atoms with Crippen LogP contribution in [-0.4, -0.2) is 75.6 Å². The molecule has 356 valence electrons. The molecule has 2 unspecified atom stereocenters. The molecule has 0 aromatic carbocycles. The zero-order valence-corrected chi connectivity index (χ0v) is 41.4. The molecule has 0 radical (unpaired) electrons. The zero-order valence-electron chi connectivity index (χ0n) is 40.5. The maximum absolute atomic E-state index is 12.8. The van der Waals surface area contributed by atoms with Gasteiger partial charge >= 0.3 is 13.8 Å². The van der Waals surface area contributed by atoms with E-state index < -0.39 is 13.9 Å². The van der Waals surface area contributed by atoms with Crippen molar-refractivity contribution in [2.75, 3.05) is 54.1 Å². The molecule has 0 saturated carbocycles. The number of phosphoric acid groups is 1. The Hall–Kier alpha value is -1.02. The highest BCUT2D eigenvalue weighted by atomic mass is 31.2. The third kappa shape index (κ3) is 48.0. The van der Waals surface area contributed by atoms with Gasteiger partial charge in [-0.1, -0.05) is 212 Å². The van der Waals surface area contributed by atoms with Crippen LogP contribution in [0.1, 0.15) is 239 Å². The van der Waals surface area contributed by atoms with Gasteiger partial charge in [-0.3, -0.25) is 13.8 Å². The second kappa shape index (κ2) is 44.6. The maximum Gasteiger partial charge on any atom is 0.472 e. The fourth-order valence-corrected chi connectivity index (χ4v) is 8.03. The first-order valence-corrected chi connectivity index (χ1v) is 27.1. The average Bonchev–Trinajstić information content (AvgIpc) is 3.20. The third-order valence-corrected chi connectivity index (χ3v) is 12.2. The van der Waals surface area contributed by atoms with E-state index in [4.69, 9.17) is 18.5 Å². The quantitative estimate of drug-likeness (QED) is 0.0214. The fraction of sp³-hybridized carbons (Fsp3) is 0.902. The lowest BCUT2D eigenvalue weighted by atomic mass is 10.0. The largest absolute Gasteiger partial charge is 0.472 e. The van der Waals surface area contributed by atoms with E-state index in [0.29, 0.717) is 24.1 Å². The van der Waals surface area contributed by atoms with Gasteiger partial charge in [-0.05, 0) is 44.9 Å². The molecule has 0 aromatic rings. The summed E-state index contributed by atoms with van der Waals surface area (Å²) in [6.07, 6.45) is 52.2. The lowest BCUT2D eigenvalue weighted by molar-refractivity contribution is -0.870. The van der Waals surface area contributed by atoms with Crippen molar-refractivity contribution in [3.63, 3.8) is 0 Å². The summed E-state index contributed by atoms with van der Waals surface area (Å²) in [6.45, 7) is 5.66. The van der Waals surface area contributed by atoms with Crippen LogP contribution < -0.4 is 0 Å². The summed E-state index contributed by atoms with van der Waals surface area (Å²) in [6, 6.07) is 0. The van der Waals surface area contributed by atoms with Crippen LogP contribution in [0.15, 0.2) is 24.3 Å². The van der Waals surface area contributed by atoms with Crippen LogP contribution in [0.2, 0.25) is 0 Å². The molecule has 0 aliphatic heterocycles. The molecule has 0 bridgehead atoms. The summed E-state index contributed by atoms with van der Waals surface area (Å²) in [5, 5.41) is 0. The Morgan fingerprint density at radius 3 is 1.35 bits per heavy atom. The first kappa shape index (κ1) is 59.0. The number of nitrogens with zero attached hydrogens (tertiary/aromatic N) is 1. The third-order valence-electron chi connectivity index (χ3n) is 11.3. The van der Waals surface area contributed by atoms with Crippen LogP contribution in [0.5, 0.6) is 0 Å². The SMILES string of the molecule is CCCCCCC/C=C\C/C=C\CCCCCCCCCCCCCC(=O)OC(COCCCCCCCCCCCCCCCCC)COP(=O)(O)OCC[N+](C)(C)C. The van der Waals surface area contributed by atoms with Crippen molar-refractivity contribution in [1.29, 1.82) is 0 Å². The first-order chi connectivity index (χ1) is 29.1. The Morgan fingerprint density at radius 1 is 0.517 bits per heavy atom. The molecule has 0 amide bonds. The Kier molecular flexibility index (Phi) is 43.8. The van der Waals surface area contributed by atoms with Gasteiger partial charge in [0.1, 0.15) is 19.3 Å². The van der Waals surface area contributed by atoms with Crippen LogP contribution in [0.3, 0.4) is 0 Å². The minimum Gasteiger partial charge on any atom is -0.457 e. The van der Waals surface area contributed by atoms with Crippen LogP contribution in [0.25, 0.3) is 0 Å². The van der Waals surface area contributed by atoms with E-state index in [1.54, 1.807) is 0 Å². The molecule has 0 saturated heterocycles. The standard InChI is InChI=1S/C51H100NO7P/c1-6-8-10-12-14-16-18-20-22-23-24-25-26-27-28-29-30-32-34-36-38-40-42-44-51(53)59-50(49-58-60(54,55)57-47-45-52(3,4)5)48-56-46-43-41-39-37-35-33-31-21-19-17-15-13-11-9-7-2/h18,20,23-24,50H,6-17,19,21-22,25-49H2,1-5H3/p+1/b20-18-,24-23-. The van der Waals surface area contributed by atoms with Gasteiger partial charge in [0.15, 0.2) is 0 Å². The minimum atomic E-state index is -4.27. The van der Waals surface area contributed by atoms with E-state index in [1.165, 1.54) is 180 Å². The molecule has 0 fully saturated rings. The van der Waals surface area contributed by atoms with E-state index in [2.05, 4.69) is 38.2 Å². The topological polar surface area (TPSA) is 91.3 Å². The highest BCUT2D eigenvalue weighted by Crippen LogP contribution is 2.43. The van der Waals surface area contributed by atoms with Gasteiger partial charge in [0, 0.05) is 13.0 Å². The van der Waals surface area contributed by atoms with Gasteiger partial charge in [-0.15, -0.1) is 0 Å². The van der Waals surface area contributed by atoms with Crippen molar-refractivity contribution in [2.45, 2.75) is 245 Å². The summed E-state index contributed by atoms with van der Waals surface area (Å²) in [7, 11) is 1.68. The summed E-state index contributed by atoms with van der Waals surface area (Å²) in [4.78, 5) is 23.0. The van der Waals surface area contributed by atoms with E-state index in [1.807, 2.05) is 21.1 Å². The zero-order chi connectivity index (χ0) is 44.1. The summed E-state index contributed by atoms with van der Waals surface area (Å²) < 4.78 is 35.1. The molecule has 8 nitrogen and oxygen atoms in total. The number of esters is 1. The molecular weight excluding hydrogens is 770 g/mol. The molecular formula is C51H101NO7P+. The molecule has 60 heavy (non-hydrogen) atoms. The number of carbonyl (C=O) groups excluding carboxylic acids is 1. The Balaban J connectivity index is 4.10. The second-order valence-corrected chi connectivity index (χ2v) is 20.0. The van der Waals surface area contributed by atoms with E-state index in [-0.39, 0.29) is 25.8 Å². The van der Waals surface area contributed by atoms with E-state index in [0.717, 1.165) is 38.5 Å². The van der Waals surface area contributed by atoms with Crippen molar-refractivity contribution < 1.29 is 37.3 Å². The van der Waals surface area contributed by atoms with E-state index >= 15 is 0 Å². The molecule has 2 atom stereocenters. The van der Waals surface area contributed by atoms with Gasteiger partial charge in [-0.2, -0.15) is 0 Å². The molecule has 0 heterocycles. The molecule has 0 spiro atoms. The number of rotatable bonds is 48. The summed E-state index contributed by atoms with van der Waals surface area (Å²) in [5.41, 5.74) is 0. The molecule has 9 heteroatoms. The Morgan fingerprint density at radius 2 is 0.917 bits per heavy atom. The maximum atomic E-state index is 12.8. The molecule has 1 N–H and O–H groups in total. The number of likely N-dealkylation sites (N-methyl/N-ethyl adjacent to an activating group) is 1. The Bertz CT molecular complexity index is 1010. The van der Waals surface area contributed by atoms with Crippen molar-refractivity contribution in [1.82, 2.24) is 0 Å². The molecule has 0 aliphatic carbocycles. The number of phosphoric ester groups is 1. The van der Waals surface area contributed by atoms with Crippen molar-refractivity contribution >= 4 is 13.8 Å². The highest BCUT2D eigenvalue weighted by Gasteiger charge is 2.26. The predicted molar refractivity (Wildman–Crippen MR) is 257 cm³/mol. The van der Waals surface area contributed by atoms with Crippen LogP contribution in [0.4, 0.5) is 0 Å². The van der Waals surface area contributed by atoms with Crippen LogP contribution >= 0.6 is 7.82 Å². The second-order valence-electron chi connectivity index (χ2n) is 18.6. The summed E-state index contributed by atoms with van der Waals surface area (Å²) >= 11 is 0. The molecule has 0 aromatic heterocycles. The van der Waals surface area contributed by atoms with Gasteiger partial charge in [-0.25, -0.2) is 4.57 Å². The van der Waals surface area contributed by atoms with Gasteiger partial charge in [0.2, 0.25) is 0 Å². The number of quaternary nitrogens is 1. The van der Waals surface area contributed by atoms with Gasteiger partial charge < -0.3 is 18.9 Å². The first-order valence-electron chi connectivity index (χ1n) is 25.6. The lowest BCUT2D eigenvalue weighted by Crippen LogP contribution is -2.37. The Labute approximate surface area is 373 Å². The fourth-order valence-electron chi connectivity index (χ4n) is 7.29. The minimum absolute atomic E-state index is 0.0907. The number of allylic oxidation sites excluding steroid dienone is 4. The van der Waals surface area contributed by atoms with E-state index in [9.17, 15) is 14.3 Å². The normalized spacial score (nSPS) is 13.8. The molecule has 0 aliphatic rings. The molecule has 0 rings (SSSR count). The van der Waals surface area contributed by atoms with Crippen LogP contribution in [0, 0.1) is 0 Å². The van der Waals surface area contributed by atoms with Gasteiger partial charge in [0.25, 0.3) is 0 Å². The van der Waals surface area contributed by atoms with Crippen molar-refractivity contribution in [3.8, 4) is 0 Å². The summed E-state index contributed by atoms with van der Waals surface area (Å²) in [5.74, 6) is -0.311. The number of unbranched alkanes of at least 4 members (excludes halogenated alkanes) is 30. The number of ether oxygens (including phenoxy) is 2. The number of carbonyl (C=O) groups is 1. The smallest absolute Gasteiger partial charge is 0.457 e. The van der Waals surface area contributed by atoms with Crippen molar-refractivity contribution in [3.05, 3.63) is 24.3 Å². The highest BCUT2D eigenvalue weighted by molar-refractivity contribution is 7.47. The van der Waals surface area contributed by atoms with Crippen LogP contribution in [-0.2, 0) is 27.9 Å². The number of hydrogen-bond donors (Lipinski definition) is 1. The van der Waals surface area contributed by atoms with Gasteiger partial charge in [0.05, 0.1) is 34.4 Å². The van der Waals surface area contributed by atoms with Crippen molar-refractivity contribution in [2.24, 2.45) is 0 Å². The monoisotopic (exact) mass is 871 g/mol. The average molecular weight is 871 g/mol. The number of hydrogen-bond acceptors (Lipinski definition) is 6. The predicted octanol–water partition coefficient (Wildman–Crippen LogP) is 15.6. The lowest BCUT2D eigenvalue weighted by Gasteiger charge is -2.24.